The minimum Gasteiger partial charge on any atom is -0.481 e. The van der Waals surface area contributed by atoms with Gasteiger partial charge in [0.1, 0.15) is 0 Å². The number of hydrogen-bond donors (Lipinski definition) is 2. The monoisotopic (exact) mass is 196 g/mol. The Balaban J connectivity index is 2.99. The van der Waals surface area contributed by atoms with Crippen molar-refractivity contribution >= 4 is 0 Å². The van der Waals surface area contributed by atoms with Crippen LogP contribution >= 0.6 is 0 Å². The first-order valence-corrected chi connectivity index (χ1v) is 4.50. The molecule has 0 radical (unpaired) electrons. The van der Waals surface area contributed by atoms with Gasteiger partial charge in [-0.1, -0.05) is 0 Å². The van der Waals surface area contributed by atoms with Crippen molar-refractivity contribution in [3.8, 4) is 5.88 Å². The summed E-state index contributed by atoms with van der Waals surface area (Å²) >= 11 is 0. The molecule has 1 aromatic heterocycles. The molecule has 0 saturated carbocycles. The first kappa shape index (κ1) is 10.9. The number of rotatable bonds is 3. The number of aliphatic hydroxyl groups excluding tert-OH is 1. The summed E-state index contributed by atoms with van der Waals surface area (Å²) in [5, 5.41) is 9.74. The number of methoxy groups -OCH3 is 1. The third-order valence-electron chi connectivity index (χ3n) is 2.15. The Hall–Kier alpha value is -1.13. The highest BCUT2D eigenvalue weighted by molar-refractivity contribution is 5.30. The Bertz CT molecular complexity index is 313. The van der Waals surface area contributed by atoms with Crippen molar-refractivity contribution in [3.63, 3.8) is 0 Å². The van der Waals surface area contributed by atoms with Gasteiger partial charge in [0.05, 0.1) is 13.2 Å². The van der Waals surface area contributed by atoms with Crippen LogP contribution in [0.1, 0.15) is 24.2 Å². The van der Waals surface area contributed by atoms with Gasteiger partial charge >= 0.3 is 0 Å². The highest BCUT2D eigenvalue weighted by Gasteiger charge is 2.15. The smallest absolute Gasteiger partial charge is 0.213 e. The molecule has 0 fully saturated rings. The van der Waals surface area contributed by atoms with Gasteiger partial charge in [-0.15, -0.1) is 0 Å². The fourth-order valence-electron chi connectivity index (χ4n) is 1.25. The number of aryl methyl sites for hydroxylation is 1. The molecule has 2 atom stereocenters. The van der Waals surface area contributed by atoms with Gasteiger partial charge in [-0.2, -0.15) is 0 Å². The number of pyridine rings is 1. The molecule has 4 nitrogen and oxygen atoms in total. The van der Waals surface area contributed by atoms with E-state index in [2.05, 4.69) is 4.98 Å². The van der Waals surface area contributed by atoms with Gasteiger partial charge in [-0.3, -0.25) is 0 Å². The Labute approximate surface area is 83.7 Å². The summed E-state index contributed by atoms with van der Waals surface area (Å²) in [5.41, 5.74) is 7.28. The van der Waals surface area contributed by atoms with Crippen molar-refractivity contribution in [2.75, 3.05) is 7.11 Å². The fraction of sp³-hybridized carbons (Fsp3) is 0.500. The third kappa shape index (κ3) is 2.21. The first-order valence-electron chi connectivity index (χ1n) is 4.50. The lowest BCUT2D eigenvalue weighted by molar-refractivity contribution is 0.152. The van der Waals surface area contributed by atoms with Crippen molar-refractivity contribution in [1.82, 2.24) is 4.98 Å². The Morgan fingerprint density at radius 2 is 2.21 bits per heavy atom. The normalized spacial score (nSPS) is 14.9. The van der Waals surface area contributed by atoms with E-state index in [4.69, 9.17) is 10.5 Å². The average Bonchev–Trinajstić information content (AvgIpc) is 2.16. The zero-order valence-electron chi connectivity index (χ0n) is 8.69. The fourth-order valence-corrected chi connectivity index (χ4v) is 1.25. The van der Waals surface area contributed by atoms with E-state index in [0.717, 1.165) is 11.1 Å². The number of aromatic nitrogens is 1. The second kappa shape index (κ2) is 4.39. The van der Waals surface area contributed by atoms with Crippen molar-refractivity contribution in [3.05, 3.63) is 23.4 Å². The lowest BCUT2D eigenvalue weighted by Crippen LogP contribution is -2.25. The molecule has 0 amide bonds. The Morgan fingerprint density at radius 1 is 1.57 bits per heavy atom. The lowest BCUT2D eigenvalue weighted by atomic mass is 10.0. The van der Waals surface area contributed by atoms with Gasteiger partial charge in [-0.25, -0.2) is 4.98 Å². The van der Waals surface area contributed by atoms with Crippen LogP contribution in [0.4, 0.5) is 0 Å². The molecule has 1 rings (SSSR count). The SMILES string of the molecule is COc1cc(C)c([C@@H](O)[C@H](C)N)cn1. The molecule has 14 heavy (non-hydrogen) atoms. The quantitative estimate of drug-likeness (QED) is 0.749. The van der Waals surface area contributed by atoms with Gasteiger partial charge in [0.2, 0.25) is 5.88 Å². The molecule has 3 N–H and O–H groups in total. The largest absolute Gasteiger partial charge is 0.481 e. The predicted molar refractivity (Wildman–Crippen MR) is 54.1 cm³/mol. The van der Waals surface area contributed by atoms with E-state index in [1.54, 1.807) is 26.3 Å². The Morgan fingerprint density at radius 3 is 2.64 bits per heavy atom. The molecule has 0 bridgehead atoms. The maximum Gasteiger partial charge on any atom is 0.213 e. The minimum absolute atomic E-state index is 0.302. The van der Waals surface area contributed by atoms with Crippen LogP contribution in [0.3, 0.4) is 0 Å². The molecular weight excluding hydrogens is 180 g/mol. The minimum atomic E-state index is -0.673. The molecule has 0 aliphatic carbocycles. The zero-order valence-corrected chi connectivity index (χ0v) is 8.69. The number of nitrogens with two attached hydrogens (primary N) is 1. The summed E-state index contributed by atoms with van der Waals surface area (Å²) in [5.74, 6) is 0.545. The topological polar surface area (TPSA) is 68.4 Å². The first-order chi connectivity index (χ1) is 6.56. The van der Waals surface area contributed by atoms with Gasteiger partial charge in [0.15, 0.2) is 0 Å². The van der Waals surface area contributed by atoms with E-state index in [1.165, 1.54) is 0 Å². The van der Waals surface area contributed by atoms with Gasteiger partial charge in [-0.05, 0) is 19.4 Å². The second-order valence-electron chi connectivity index (χ2n) is 3.39. The summed E-state index contributed by atoms with van der Waals surface area (Å²) < 4.78 is 4.97. The van der Waals surface area contributed by atoms with Crippen LogP contribution in [0.25, 0.3) is 0 Å². The summed E-state index contributed by atoms with van der Waals surface area (Å²) in [6, 6.07) is 1.48. The molecule has 0 aliphatic rings. The van der Waals surface area contributed by atoms with Crippen molar-refractivity contribution in [2.24, 2.45) is 5.73 Å². The van der Waals surface area contributed by atoms with Crippen LogP contribution in [0.15, 0.2) is 12.3 Å². The molecule has 0 saturated heterocycles. The Kier molecular flexibility index (Phi) is 3.43. The molecule has 78 valence electrons. The van der Waals surface area contributed by atoms with E-state index in [0.29, 0.717) is 5.88 Å². The van der Waals surface area contributed by atoms with Crippen LogP contribution in [0.2, 0.25) is 0 Å². The van der Waals surface area contributed by atoms with E-state index in [9.17, 15) is 5.11 Å². The van der Waals surface area contributed by atoms with E-state index in [-0.39, 0.29) is 6.04 Å². The van der Waals surface area contributed by atoms with Crippen LogP contribution < -0.4 is 10.5 Å². The predicted octanol–water partition coefficient (Wildman–Crippen LogP) is 0.779. The van der Waals surface area contributed by atoms with Gasteiger partial charge in [0.25, 0.3) is 0 Å². The number of nitrogens with zero attached hydrogens (tertiary/aromatic N) is 1. The second-order valence-corrected chi connectivity index (χ2v) is 3.39. The standard InChI is InChI=1S/C10H16N2O2/c1-6-4-9(14-3)12-5-8(6)10(13)7(2)11/h4-5,7,10,13H,11H2,1-3H3/t7-,10-/m0/s1. The summed E-state index contributed by atoms with van der Waals surface area (Å²) in [4.78, 5) is 4.02. The maximum atomic E-state index is 9.74. The van der Waals surface area contributed by atoms with Crippen molar-refractivity contribution < 1.29 is 9.84 Å². The van der Waals surface area contributed by atoms with Gasteiger partial charge in [0, 0.05) is 23.9 Å². The zero-order chi connectivity index (χ0) is 10.7. The molecule has 1 heterocycles. The van der Waals surface area contributed by atoms with Crippen LogP contribution in [0, 0.1) is 6.92 Å². The van der Waals surface area contributed by atoms with Crippen molar-refractivity contribution in [1.29, 1.82) is 0 Å². The lowest BCUT2D eigenvalue weighted by Gasteiger charge is -2.16. The molecule has 1 aromatic rings. The molecule has 4 heteroatoms. The van der Waals surface area contributed by atoms with E-state index < -0.39 is 6.10 Å². The van der Waals surface area contributed by atoms with Gasteiger partial charge < -0.3 is 15.6 Å². The number of aliphatic hydroxyl groups is 1. The van der Waals surface area contributed by atoms with E-state index in [1.807, 2.05) is 6.92 Å². The molecule has 0 aromatic carbocycles. The molecule has 0 spiro atoms. The van der Waals surface area contributed by atoms with Crippen LogP contribution in [-0.4, -0.2) is 23.2 Å². The average molecular weight is 196 g/mol. The molecular formula is C10H16N2O2. The highest BCUT2D eigenvalue weighted by Crippen LogP contribution is 2.21. The summed E-state index contributed by atoms with van der Waals surface area (Å²) in [6.45, 7) is 3.65. The maximum absolute atomic E-state index is 9.74. The summed E-state index contributed by atoms with van der Waals surface area (Å²) in [6.07, 6.45) is 0.927. The van der Waals surface area contributed by atoms with E-state index >= 15 is 0 Å². The van der Waals surface area contributed by atoms with Crippen molar-refractivity contribution in [2.45, 2.75) is 26.0 Å². The number of ether oxygens (including phenoxy) is 1. The van der Waals surface area contributed by atoms with Crippen LogP contribution in [-0.2, 0) is 0 Å². The van der Waals surface area contributed by atoms with Crippen LogP contribution in [0.5, 0.6) is 5.88 Å². The highest BCUT2D eigenvalue weighted by atomic mass is 16.5. The molecule has 0 aliphatic heterocycles. The summed E-state index contributed by atoms with van der Waals surface area (Å²) in [7, 11) is 1.56. The third-order valence-corrected chi connectivity index (χ3v) is 2.15. The molecule has 0 unspecified atom stereocenters. The number of hydrogen-bond acceptors (Lipinski definition) is 4.